The first-order chi connectivity index (χ1) is 19.4. The minimum absolute atomic E-state index is 0.0458. The molecule has 0 saturated heterocycles. The molecule has 0 radical (unpaired) electrons. The molecule has 0 N–H and O–H groups in total. The number of nitrogens with zero attached hydrogens (tertiary/aromatic N) is 7. The average molecular weight is 542 g/mol. The van der Waals surface area contributed by atoms with Crippen molar-refractivity contribution in [3.63, 3.8) is 0 Å². The molecule has 0 fully saturated rings. The molecule has 0 bridgehead atoms. The number of fused-ring (bicyclic) bond motifs is 2. The molecular weight excluding hydrogens is 506 g/mol. The van der Waals surface area contributed by atoms with Gasteiger partial charge in [-0.3, -0.25) is 18.7 Å². The van der Waals surface area contributed by atoms with Gasteiger partial charge in [0.25, 0.3) is 5.91 Å². The molecule has 0 unspecified atom stereocenters. The molecule has 3 heterocycles. The summed E-state index contributed by atoms with van der Waals surface area (Å²) in [5.74, 6) is 0.407. The van der Waals surface area contributed by atoms with E-state index in [4.69, 9.17) is 0 Å². The molecule has 0 aliphatic carbocycles. The van der Waals surface area contributed by atoms with Crippen molar-refractivity contribution < 1.29 is 9.59 Å². The minimum atomic E-state index is -0.140. The van der Waals surface area contributed by atoms with Gasteiger partial charge in [-0.2, -0.15) is 0 Å². The normalized spacial score (nSPS) is 14.6. The van der Waals surface area contributed by atoms with Gasteiger partial charge in [-0.1, -0.05) is 18.2 Å². The van der Waals surface area contributed by atoms with Gasteiger partial charge < -0.3 is 14.7 Å². The number of benzene rings is 2. The van der Waals surface area contributed by atoms with Gasteiger partial charge in [0.2, 0.25) is 11.9 Å². The Balaban J connectivity index is 1.56. The van der Waals surface area contributed by atoms with Gasteiger partial charge in [-0.25, -0.2) is 14.8 Å². The lowest BCUT2D eigenvalue weighted by molar-refractivity contribution is -0.116. The molecule has 40 heavy (non-hydrogen) atoms. The first-order valence-corrected chi connectivity index (χ1v) is 13.8. The van der Waals surface area contributed by atoms with Crippen LogP contribution in [0.2, 0.25) is 0 Å². The summed E-state index contributed by atoms with van der Waals surface area (Å²) in [5.41, 5.74) is 3.73. The predicted molar refractivity (Wildman–Crippen MR) is 156 cm³/mol. The number of hydrogen-bond donors (Lipinski definition) is 0. The molecule has 10 nitrogen and oxygen atoms in total. The lowest BCUT2D eigenvalue weighted by Gasteiger charge is -2.28. The highest BCUT2D eigenvalue weighted by Crippen LogP contribution is 2.25. The van der Waals surface area contributed by atoms with Crippen molar-refractivity contribution in [1.29, 1.82) is 0 Å². The maximum absolute atomic E-state index is 14.1. The molecule has 2 aromatic carbocycles. The van der Waals surface area contributed by atoms with E-state index in [0.29, 0.717) is 57.3 Å². The van der Waals surface area contributed by atoms with Crippen LogP contribution >= 0.6 is 0 Å². The third kappa shape index (κ3) is 5.21. The second-order valence-corrected chi connectivity index (χ2v) is 9.89. The van der Waals surface area contributed by atoms with Crippen LogP contribution in [0.3, 0.4) is 0 Å². The zero-order valence-corrected chi connectivity index (χ0v) is 23.3. The van der Waals surface area contributed by atoms with Gasteiger partial charge in [0, 0.05) is 76.4 Å². The zero-order valence-electron chi connectivity index (χ0n) is 23.3. The van der Waals surface area contributed by atoms with E-state index in [-0.39, 0.29) is 17.5 Å². The van der Waals surface area contributed by atoms with Crippen molar-refractivity contribution >= 4 is 34.5 Å². The second-order valence-electron chi connectivity index (χ2n) is 9.89. The minimum Gasteiger partial charge on any atom is -0.339 e. The maximum Gasteiger partial charge on any atom is 0.329 e. The highest BCUT2D eigenvalue weighted by molar-refractivity contribution is 5.98. The Labute approximate surface area is 233 Å². The first-order valence-electron chi connectivity index (χ1n) is 13.8. The number of para-hydroxylation sites is 1. The van der Waals surface area contributed by atoms with Gasteiger partial charge in [0.05, 0.1) is 11.0 Å². The number of amides is 2. The van der Waals surface area contributed by atoms with Crippen LogP contribution in [-0.4, -0.2) is 62.0 Å². The van der Waals surface area contributed by atoms with Crippen LogP contribution in [0.1, 0.15) is 43.1 Å². The molecule has 0 spiro atoms. The molecule has 10 heteroatoms. The highest BCUT2D eigenvalue weighted by Gasteiger charge is 2.24. The number of imidazole rings is 1. The number of aryl methyl sites for hydroxylation is 2. The van der Waals surface area contributed by atoms with Crippen molar-refractivity contribution in [2.75, 3.05) is 36.0 Å². The van der Waals surface area contributed by atoms with Crippen LogP contribution in [0.5, 0.6) is 0 Å². The van der Waals surface area contributed by atoms with Crippen LogP contribution in [0, 0.1) is 0 Å². The Morgan fingerprint density at radius 2 is 1.57 bits per heavy atom. The van der Waals surface area contributed by atoms with Crippen LogP contribution < -0.4 is 15.5 Å². The SMILES string of the molecule is CCn1c(=O)n(CC)c2cc(C(=O)N3CCN(c4ncccn4)CCCN(C(C)=O)c4ccccc4C3)ccc21. The standard InChI is InChI=1S/C30H35N7O3/c1-4-35-26-13-12-23(20-27(26)36(5-2)30(35)40)28(39)34-19-18-33(29-31-14-8-15-32-29)16-9-17-37(22(3)38)25-11-7-6-10-24(25)21-34/h6-8,10-15,20H,4-5,9,16-19,21H2,1-3H3. The Bertz CT molecular complexity index is 1580. The van der Waals surface area contributed by atoms with E-state index < -0.39 is 0 Å². The zero-order chi connectivity index (χ0) is 28.2. The topological polar surface area (TPSA) is 96.6 Å². The van der Waals surface area contributed by atoms with E-state index >= 15 is 0 Å². The molecule has 0 saturated carbocycles. The second kappa shape index (κ2) is 11.7. The fourth-order valence-corrected chi connectivity index (χ4v) is 5.49. The van der Waals surface area contributed by atoms with Crippen molar-refractivity contribution in [3.8, 4) is 0 Å². The first kappa shape index (κ1) is 27.1. The molecular formula is C30H35N7O3. The van der Waals surface area contributed by atoms with Crippen molar-refractivity contribution in [3.05, 3.63) is 82.5 Å². The maximum atomic E-state index is 14.1. The van der Waals surface area contributed by atoms with Crippen molar-refractivity contribution in [2.24, 2.45) is 0 Å². The van der Waals surface area contributed by atoms with Crippen molar-refractivity contribution in [2.45, 2.75) is 46.8 Å². The van der Waals surface area contributed by atoms with E-state index in [0.717, 1.165) is 28.7 Å². The molecule has 5 rings (SSSR count). The molecule has 4 aromatic rings. The molecule has 2 aromatic heterocycles. The monoisotopic (exact) mass is 541 g/mol. The lowest BCUT2D eigenvalue weighted by atomic mass is 10.1. The van der Waals surface area contributed by atoms with Gasteiger partial charge in [0.1, 0.15) is 0 Å². The third-order valence-electron chi connectivity index (χ3n) is 7.49. The largest absolute Gasteiger partial charge is 0.339 e. The van der Waals surface area contributed by atoms with Crippen LogP contribution in [0.4, 0.5) is 11.6 Å². The summed E-state index contributed by atoms with van der Waals surface area (Å²) < 4.78 is 3.43. The fraction of sp³-hybridized carbons (Fsp3) is 0.367. The quantitative estimate of drug-likeness (QED) is 0.392. The smallest absolute Gasteiger partial charge is 0.329 e. The summed E-state index contributed by atoms with van der Waals surface area (Å²) in [4.78, 5) is 54.3. The Morgan fingerprint density at radius 1 is 0.850 bits per heavy atom. The van der Waals surface area contributed by atoms with Gasteiger partial charge in [-0.15, -0.1) is 0 Å². The number of carbonyl (C=O) groups is 2. The molecule has 0 atom stereocenters. The fourth-order valence-electron chi connectivity index (χ4n) is 5.49. The van der Waals surface area contributed by atoms with Crippen molar-refractivity contribution in [1.82, 2.24) is 24.0 Å². The summed E-state index contributed by atoms with van der Waals surface area (Å²) in [7, 11) is 0. The Hall–Kier alpha value is -4.47. The highest BCUT2D eigenvalue weighted by atomic mass is 16.2. The van der Waals surface area contributed by atoms with E-state index in [9.17, 15) is 14.4 Å². The van der Waals surface area contributed by atoms with E-state index in [1.54, 1.807) is 45.5 Å². The molecule has 1 aliphatic heterocycles. The summed E-state index contributed by atoms with van der Waals surface area (Å²) in [6.45, 7) is 9.00. The number of carbonyl (C=O) groups excluding carboxylic acids is 2. The van der Waals surface area contributed by atoms with Gasteiger partial charge >= 0.3 is 5.69 Å². The summed E-state index contributed by atoms with van der Waals surface area (Å²) in [6.07, 6.45) is 4.14. The number of rotatable bonds is 4. The number of aromatic nitrogens is 4. The van der Waals surface area contributed by atoms with E-state index in [1.165, 1.54) is 0 Å². The number of anilines is 2. The Morgan fingerprint density at radius 3 is 2.30 bits per heavy atom. The van der Waals surface area contributed by atoms with Crippen LogP contribution in [0.25, 0.3) is 11.0 Å². The van der Waals surface area contributed by atoms with Gasteiger partial charge in [-0.05, 0) is 56.2 Å². The summed E-state index contributed by atoms with van der Waals surface area (Å²) in [5, 5.41) is 0. The predicted octanol–water partition coefficient (Wildman–Crippen LogP) is 3.54. The van der Waals surface area contributed by atoms with E-state index in [2.05, 4.69) is 14.9 Å². The van der Waals surface area contributed by atoms with Crippen LogP contribution in [-0.2, 0) is 24.4 Å². The Kier molecular flexibility index (Phi) is 7.95. The van der Waals surface area contributed by atoms with Gasteiger partial charge in [0.15, 0.2) is 0 Å². The average Bonchev–Trinajstić information content (AvgIpc) is 3.23. The molecule has 2 amide bonds. The van der Waals surface area contributed by atoms with Crippen LogP contribution in [0.15, 0.2) is 65.7 Å². The third-order valence-corrected chi connectivity index (χ3v) is 7.49. The summed E-state index contributed by atoms with van der Waals surface area (Å²) >= 11 is 0. The van der Waals surface area contributed by atoms with E-state index in [1.807, 2.05) is 55.1 Å². The lowest BCUT2D eigenvalue weighted by Crippen LogP contribution is -2.39. The summed E-state index contributed by atoms with van der Waals surface area (Å²) in [6, 6.07) is 15.0. The number of hydrogen-bond acceptors (Lipinski definition) is 6. The molecule has 1 aliphatic rings. The molecule has 208 valence electrons.